The summed E-state index contributed by atoms with van der Waals surface area (Å²) in [6, 6.07) is 2.43. The van der Waals surface area contributed by atoms with Crippen LogP contribution in [0.1, 0.15) is 40.0 Å². The number of aliphatic hydroxyl groups is 2. The van der Waals surface area contributed by atoms with Gasteiger partial charge in [0.1, 0.15) is 0 Å². The van der Waals surface area contributed by atoms with Crippen LogP contribution in [0.4, 0.5) is 0 Å². The summed E-state index contributed by atoms with van der Waals surface area (Å²) in [5, 5.41) is 29.1. The standard InChI is InChI=1S/C15H23NO2/c1-9(2)10-4-11-6-13(17)14(18)7-15(11,3)12(5-10)8-16/h6,9-10,12-14,17-18H,4-5,7H2,1-3H3/t10-,12-,13-,14+,15+/m0/s1. The van der Waals surface area contributed by atoms with Gasteiger partial charge in [-0.05, 0) is 31.1 Å². The molecule has 18 heavy (non-hydrogen) atoms. The number of nitriles is 1. The van der Waals surface area contributed by atoms with Crippen LogP contribution >= 0.6 is 0 Å². The molecule has 2 rings (SSSR count). The predicted octanol–water partition coefficient (Wildman–Crippen LogP) is 2.25. The number of allylic oxidation sites excluding steroid dienone is 1. The van der Waals surface area contributed by atoms with Crippen molar-refractivity contribution in [2.45, 2.75) is 52.2 Å². The molecule has 0 bridgehead atoms. The van der Waals surface area contributed by atoms with Crippen molar-refractivity contribution in [3.05, 3.63) is 11.6 Å². The lowest BCUT2D eigenvalue weighted by atomic mass is 9.56. The van der Waals surface area contributed by atoms with E-state index in [-0.39, 0.29) is 11.3 Å². The SMILES string of the molecule is CC(C)[C@H]1CC2=C[C@H](O)[C@H](O)C[C@@]2(C)[C@H](C#N)C1. The molecule has 0 unspecified atom stereocenters. The fourth-order valence-corrected chi connectivity index (χ4v) is 3.49. The van der Waals surface area contributed by atoms with Crippen molar-refractivity contribution in [3.8, 4) is 6.07 Å². The van der Waals surface area contributed by atoms with E-state index in [4.69, 9.17) is 0 Å². The van der Waals surface area contributed by atoms with Gasteiger partial charge in [0, 0.05) is 5.41 Å². The molecule has 3 nitrogen and oxygen atoms in total. The maximum absolute atomic E-state index is 9.87. The first-order valence-electron chi connectivity index (χ1n) is 6.85. The summed E-state index contributed by atoms with van der Waals surface area (Å²) in [6.45, 7) is 6.45. The van der Waals surface area contributed by atoms with Crippen LogP contribution in [0.25, 0.3) is 0 Å². The molecule has 0 aromatic rings. The zero-order valence-corrected chi connectivity index (χ0v) is 11.4. The Bertz CT molecular complexity index is 396. The molecule has 0 saturated heterocycles. The maximum atomic E-state index is 9.87. The third-order valence-electron chi connectivity index (χ3n) is 5.02. The molecular formula is C15H23NO2. The molecule has 0 heterocycles. The highest BCUT2D eigenvalue weighted by atomic mass is 16.3. The van der Waals surface area contributed by atoms with Gasteiger partial charge in [-0.15, -0.1) is 0 Å². The van der Waals surface area contributed by atoms with Crippen LogP contribution in [0.5, 0.6) is 0 Å². The average molecular weight is 249 g/mol. The minimum atomic E-state index is -0.765. The molecule has 0 aliphatic heterocycles. The normalized spacial score (nSPS) is 44.2. The number of aliphatic hydroxyl groups excluding tert-OH is 2. The largest absolute Gasteiger partial charge is 0.390 e. The number of nitrogens with zero attached hydrogens (tertiary/aromatic N) is 1. The third-order valence-corrected chi connectivity index (χ3v) is 5.02. The van der Waals surface area contributed by atoms with Crippen molar-refractivity contribution in [2.75, 3.05) is 0 Å². The van der Waals surface area contributed by atoms with E-state index in [2.05, 4.69) is 26.8 Å². The van der Waals surface area contributed by atoms with Crippen molar-refractivity contribution in [1.29, 1.82) is 5.26 Å². The van der Waals surface area contributed by atoms with Gasteiger partial charge in [-0.2, -0.15) is 5.26 Å². The van der Waals surface area contributed by atoms with E-state index in [0.29, 0.717) is 18.3 Å². The van der Waals surface area contributed by atoms with Gasteiger partial charge in [-0.1, -0.05) is 32.4 Å². The number of hydrogen-bond acceptors (Lipinski definition) is 3. The van der Waals surface area contributed by atoms with Crippen molar-refractivity contribution < 1.29 is 10.2 Å². The van der Waals surface area contributed by atoms with Crippen molar-refractivity contribution in [3.63, 3.8) is 0 Å². The third kappa shape index (κ3) is 2.08. The summed E-state index contributed by atoms with van der Waals surface area (Å²) in [4.78, 5) is 0. The van der Waals surface area contributed by atoms with Gasteiger partial charge in [0.15, 0.2) is 0 Å². The highest BCUT2D eigenvalue weighted by molar-refractivity contribution is 5.27. The predicted molar refractivity (Wildman–Crippen MR) is 69.5 cm³/mol. The van der Waals surface area contributed by atoms with Gasteiger partial charge in [-0.3, -0.25) is 0 Å². The molecule has 5 atom stereocenters. The lowest BCUT2D eigenvalue weighted by molar-refractivity contribution is -0.0112. The number of hydrogen-bond donors (Lipinski definition) is 2. The van der Waals surface area contributed by atoms with Gasteiger partial charge >= 0.3 is 0 Å². The van der Waals surface area contributed by atoms with Crippen LogP contribution in [0.15, 0.2) is 11.6 Å². The van der Waals surface area contributed by atoms with E-state index in [1.165, 1.54) is 5.57 Å². The monoisotopic (exact) mass is 249 g/mol. The van der Waals surface area contributed by atoms with Crippen LogP contribution in [0.3, 0.4) is 0 Å². The molecule has 3 heteroatoms. The Labute approximate surface area is 109 Å². The second-order valence-electron chi connectivity index (χ2n) is 6.50. The Morgan fingerprint density at radius 1 is 1.44 bits per heavy atom. The molecule has 1 fully saturated rings. The van der Waals surface area contributed by atoms with Crippen LogP contribution < -0.4 is 0 Å². The average Bonchev–Trinajstić information content (AvgIpc) is 2.29. The first-order valence-corrected chi connectivity index (χ1v) is 6.85. The van der Waals surface area contributed by atoms with E-state index in [1.54, 1.807) is 6.08 Å². The van der Waals surface area contributed by atoms with Crippen LogP contribution in [0, 0.1) is 34.5 Å². The van der Waals surface area contributed by atoms with Crippen molar-refractivity contribution in [2.24, 2.45) is 23.2 Å². The van der Waals surface area contributed by atoms with E-state index in [0.717, 1.165) is 12.8 Å². The fourth-order valence-electron chi connectivity index (χ4n) is 3.49. The summed E-state index contributed by atoms with van der Waals surface area (Å²) in [5.41, 5.74) is 0.926. The lowest BCUT2D eigenvalue weighted by Gasteiger charge is -2.48. The van der Waals surface area contributed by atoms with Gasteiger partial charge in [0.25, 0.3) is 0 Å². The van der Waals surface area contributed by atoms with E-state index in [9.17, 15) is 15.5 Å². The summed E-state index contributed by atoms with van der Waals surface area (Å²) in [7, 11) is 0. The Morgan fingerprint density at radius 3 is 2.67 bits per heavy atom. The zero-order valence-electron chi connectivity index (χ0n) is 11.4. The summed E-state index contributed by atoms with van der Waals surface area (Å²) < 4.78 is 0. The minimum Gasteiger partial charge on any atom is -0.390 e. The highest BCUT2D eigenvalue weighted by Crippen LogP contribution is 2.53. The quantitative estimate of drug-likeness (QED) is 0.701. The first kappa shape index (κ1) is 13.6. The summed E-state index contributed by atoms with van der Waals surface area (Å²) >= 11 is 0. The molecule has 0 spiro atoms. The first-order chi connectivity index (χ1) is 8.38. The lowest BCUT2D eigenvalue weighted by Crippen LogP contribution is -2.45. The topological polar surface area (TPSA) is 64.2 Å². The second-order valence-corrected chi connectivity index (χ2v) is 6.50. The van der Waals surface area contributed by atoms with Crippen molar-refractivity contribution >= 4 is 0 Å². The Morgan fingerprint density at radius 2 is 2.11 bits per heavy atom. The van der Waals surface area contributed by atoms with Crippen LogP contribution in [0.2, 0.25) is 0 Å². The molecule has 2 aliphatic rings. The zero-order chi connectivity index (χ0) is 13.5. The molecule has 0 aromatic carbocycles. The highest BCUT2D eigenvalue weighted by Gasteiger charge is 2.48. The minimum absolute atomic E-state index is 0.0490. The van der Waals surface area contributed by atoms with Gasteiger partial charge in [0.2, 0.25) is 0 Å². The van der Waals surface area contributed by atoms with E-state index in [1.807, 2.05) is 0 Å². The molecule has 1 saturated carbocycles. The fraction of sp³-hybridized carbons (Fsp3) is 0.800. The summed E-state index contributed by atoms with van der Waals surface area (Å²) in [5.74, 6) is 1.01. The number of rotatable bonds is 1. The molecular weight excluding hydrogens is 226 g/mol. The Balaban J connectivity index is 2.36. The maximum Gasteiger partial charge on any atom is 0.0983 e. The molecule has 2 N–H and O–H groups in total. The van der Waals surface area contributed by atoms with E-state index >= 15 is 0 Å². The smallest absolute Gasteiger partial charge is 0.0983 e. The van der Waals surface area contributed by atoms with Gasteiger partial charge < -0.3 is 10.2 Å². The van der Waals surface area contributed by atoms with Crippen LogP contribution in [-0.2, 0) is 0 Å². The molecule has 2 aliphatic carbocycles. The number of fused-ring (bicyclic) bond motifs is 1. The van der Waals surface area contributed by atoms with E-state index < -0.39 is 12.2 Å². The van der Waals surface area contributed by atoms with Gasteiger partial charge in [0.05, 0.1) is 24.2 Å². The molecule has 0 aromatic heterocycles. The molecule has 100 valence electrons. The van der Waals surface area contributed by atoms with Crippen molar-refractivity contribution in [1.82, 2.24) is 0 Å². The Hall–Kier alpha value is -0.850. The van der Waals surface area contributed by atoms with Gasteiger partial charge in [-0.25, -0.2) is 0 Å². The van der Waals surface area contributed by atoms with Crippen LogP contribution in [-0.4, -0.2) is 22.4 Å². The molecule has 0 amide bonds. The Kier molecular flexibility index (Phi) is 3.53. The molecule has 0 radical (unpaired) electrons. The second kappa shape index (κ2) is 4.68. The summed E-state index contributed by atoms with van der Waals surface area (Å²) in [6.07, 6.45) is 2.67.